The molecule has 2 aromatic rings. The van der Waals surface area contributed by atoms with E-state index in [1.165, 1.54) is 0 Å². The quantitative estimate of drug-likeness (QED) is 0.671. The highest BCUT2D eigenvalue weighted by molar-refractivity contribution is 6.21. The number of methoxy groups -OCH3 is 2. The van der Waals surface area contributed by atoms with E-state index in [0.717, 1.165) is 16.7 Å². The van der Waals surface area contributed by atoms with E-state index in [9.17, 15) is 9.90 Å². The summed E-state index contributed by atoms with van der Waals surface area (Å²) < 4.78 is 10.5. The van der Waals surface area contributed by atoms with Crippen molar-refractivity contribution >= 4 is 17.6 Å². The van der Waals surface area contributed by atoms with Gasteiger partial charge in [-0.25, -0.2) is 4.79 Å². The van der Waals surface area contributed by atoms with Gasteiger partial charge in [-0.15, -0.1) is 0 Å². The van der Waals surface area contributed by atoms with Gasteiger partial charge in [0.05, 0.1) is 19.8 Å². The van der Waals surface area contributed by atoms with Crippen LogP contribution in [0, 0.1) is 13.8 Å². The number of carboxylic acid groups (broad SMARTS) is 1. The normalized spacial score (nSPS) is 11.2. The van der Waals surface area contributed by atoms with E-state index in [0.29, 0.717) is 17.1 Å². The van der Waals surface area contributed by atoms with Crippen molar-refractivity contribution in [2.24, 2.45) is 0 Å². The van der Waals surface area contributed by atoms with Gasteiger partial charge in [-0.2, -0.15) is 0 Å². The predicted octanol–water partition coefficient (Wildman–Crippen LogP) is 3.95. The fourth-order valence-electron chi connectivity index (χ4n) is 2.48. The van der Waals surface area contributed by atoms with E-state index >= 15 is 0 Å². The molecule has 4 nitrogen and oxygen atoms in total. The second kappa shape index (κ2) is 7.01. The van der Waals surface area contributed by atoms with Gasteiger partial charge in [-0.1, -0.05) is 29.8 Å². The molecule has 23 heavy (non-hydrogen) atoms. The summed E-state index contributed by atoms with van der Waals surface area (Å²) in [5.41, 5.74) is 3.72. The Labute approximate surface area is 136 Å². The van der Waals surface area contributed by atoms with E-state index < -0.39 is 5.97 Å². The number of benzene rings is 2. The molecule has 0 unspecified atom stereocenters. The molecule has 0 aliphatic heterocycles. The number of aryl methyl sites for hydroxylation is 2. The average molecular weight is 312 g/mol. The fourth-order valence-corrected chi connectivity index (χ4v) is 2.48. The van der Waals surface area contributed by atoms with Crippen LogP contribution in [-0.4, -0.2) is 25.3 Å². The van der Waals surface area contributed by atoms with Crippen molar-refractivity contribution in [3.63, 3.8) is 0 Å². The molecule has 0 spiro atoms. The van der Waals surface area contributed by atoms with Crippen LogP contribution in [0.3, 0.4) is 0 Å². The Morgan fingerprint density at radius 1 is 1.00 bits per heavy atom. The van der Waals surface area contributed by atoms with Crippen molar-refractivity contribution < 1.29 is 19.4 Å². The number of carbonyl (C=O) groups is 1. The van der Waals surface area contributed by atoms with Crippen LogP contribution in [0.5, 0.6) is 11.5 Å². The fraction of sp³-hybridized carbons (Fsp3) is 0.211. The molecule has 0 aromatic heterocycles. The van der Waals surface area contributed by atoms with Gasteiger partial charge in [0.1, 0.15) is 0 Å². The lowest BCUT2D eigenvalue weighted by Gasteiger charge is -2.10. The third kappa shape index (κ3) is 3.72. The average Bonchev–Trinajstić information content (AvgIpc) is 2.52. The molecule has 0 bridgehead atoms. The van der Waals surface area contributed by atoms with Gasteiger partial charge >= 0.3 is 5.97 Å². The van der Waals surface area contributed by atoms with Gasteiger partial charge in [0.2, 0.25) is 0 Å². The Kier molecular flexibility index (Phi) is 5.06. The molecule has 0 heterocycles. The Hall–Kier alpha value is -2.75. The Bertz CT molecular complexity index is 760. The summed E-state index contributed by atoms with van der Waals surface area (Å²) in [6.07, 6.45) is 1.64. The van der Waals surface area contributed by atoms with Gasteiger partial charge in [0.25, 0.3) is 0 Å². The molecule has 0 amide bonds. The van der Waals surface area contributed by atoms with Crippen molar-refractivity contribution in [1.29, 1.82) is 0 Å². The molecule has 0 atom stereocenters. The van der Waals surface area contributed by atoms with E-state index in [1.807, 2.05) is 32.0 Å². The summed E-state index contributed by atoms with van der Waals surface area (Å²) in [5.74, 6) is 0.200. The van der Waals surface area contributed by atoms with Crippen LogP contribution < -0.4 is 9.47 Å². The molecular formula is C19H20O4. The highest BCUT2D eigenvalue weighted by Crippen LogP contribution is 2.30. The highest BCUT2D eigenvalue weighted by Gasteiger charge is 2.14. The monoisotopic (exact) mass is 312 g/mol. The van der Waals surface area contributed by atoms with E-state index in [4.69, 9.17) is 9.47 Å². The number of rotatable bonds is 5. The first-order valence-corrected chi connectivity index (χ1v) is 7.21. The standard InChI is InChI=1S/C19H20O4/c1-12-5-7-15(13(2)9-12)16(19(20)21)10-14-6-8-17(22-3)18(11-14)23-4/h5-11H,1-4H3,(H,20,21)/b16-10-. The van der Waals surface area contributed by atoms with Gasteiger partial charge < -0.3 is 14.6 Å². The van der Waals surface area contributed by atoms with Crippen molar-refractivity contribution in [2.45, 2.75) is 13.8 Å². The molecule has 0 aliphatic carbocycles. The summed E-state index contributed by atoms with van der Waals surface area (Å²) in [6, 6.07) is 11.0. The lowest BCUT2D eigenvalue weighted by molar-refractivity contribution is -0.130. The summed E-state index contributed by atoms with van der Waals surface area (Å²) in [4.78, 5) is 11.7. The van der Waals surface area contributed by atoms with Crippen molar-refractivity contribution in [1.82, 2.24) is 0 Å². The SMILES string of the molecule is COc1ccc(/C=C(\C(=O)O)c2ccc(C)cc2C)cc1OC. The summed E-state index contributed by atoms with van der Waals surface area (Å²) in [7, 11) is 3.11. The largest absolute Gasteiger partial charge is 0.493 e. The van der Waals surface area contributed by atoms with Crippen LogP contribution in [-0.2, 0) is 4.79 Å². The second-order valence-corrected chi connectivity index (χ2v) is 5.30. The number of aliphatic carboxylic acids is 1. The number of ether oxygens (including phenoxy) is 2. The zero-order chi connectivity index (χ0) is 17.0. The van der Waals surface area contributed by atoms with E-state index in [2.05, 4.69) is 0 Å². The molecule has 120 valence electrons. The number of carboxylic acids is 1. The van der Waals surface area contributed by atoms with Gasteiger partial charge in [0.15, 0.2) is 11.5 Å². The molecular weight excluding hydrogens is 292 g/mol. The maximum absolute atomic E-state index is 11.7. The smallest absolute Gasteiger partial charge is 0.336 e. The molecule has 2 rings (SSSR count). The summed E-state index contributed by atoms with van der Waals surface area (Å²) in [5, 5.41) is 9.58. The molecule has 0 saturated carbocycles. The number of hydrogen-bond donors (Lipinski definition) is 1. The Morgan fingerprint density at radius 2 is 1.70 bits per heavy atom. The molecule has 1 N–H and O–H groups in total. The first-order chi connectivity index (χ1) is 11.0. The zero-order valence-electron chi connectivity index (χ0n) is 13.7. The molecule has 0 aliphatic rings. The second-order valence-electron chi connectivity index (χ2n) is 5.30. The predicted molar refractivity (Wildman–Crippen MR) is 91.0 cm³/mol. The van der Waals surface area contributed by atoms with Crippen LogP contribution in [0.25, 0.3) is 11.6 Å². The molecule has 4 heteroatoms. The first-order valence-electron chi connectivity index (χ1n) is 7.21. The molecule has 0 saturated heterocycles. The summed E-state index contributed by atoms with van der Waals surface area (Å²) in [6.45, 7) is 3.89. The molecule has 0 fully saturated rings. The van der Waals surface area contributed by atoms with Crippen LogP contribution in [0.2, 0.25) is 0 Å². The van der Waals surface area contributed by atoms with Gasteiger partial charge in [-0.3, -0.25) is 0 Å². The van der Waals surface area contributed by atoms with Crippen LogP contribution >= 0.6 is 0 Å². The minimum atomic E-state index is -0.966. The maximum Gasteiger partial charge on any atom is 0.336 e. The van der Waals surface area contributed by atoms with E-state index in [-0.39, 0.29) is 5.57 Å². The molecule has 2 aromatic carbocycles. The third-order valence-electron chi connectivity index (χ3n) is 3.62. The van der Waals surface area contributed by atoms with Crippen LogP contribution in [0.1, 0.15) is 22.3 Å². The highest BCUT2D eigenvalue weighted by atomic mass is 16.5. The third-order valence-corrected chi connectivity index (χ3v) is 3.62. The lowest BCUT2D eigenvalue weighted by atomic mass is 9.97. The van der Waals surface area contributed by atoms with Gasteiger partial charge in [-0.05, 0) is 48.7 Å². The van der Waals surface area contributed by atoms with Crippen molar-refractivity contribution in [3.05, 3.63) is 58.7 Å². The van der Waals surface area contributed by atoms with Crippen LogP contribution in [0.4, 0.5) is 0 Å². The number of hydrogen-bond acceptors (Lipinski definition) is 3. The van der Waals surface area contributed by atoms with E-state index in [1.54, 1.807) is 38.5 Å². The van der Waals surface area contributed by atoms with Crippen molar-refractivity contribution in [3.8, 4) is 11.5 Å². The topological polar surface area (TPSA) is 55.8 Å². The summed E-state index contributed by atoms with van der Waals surface area (Å²) >= 11 is 0. The Balaban J connectivity index is 2.53. The zero-order valence-corrected chi connectivity index (χ0v) is 13.7. The first kappa shape index (κ1) is 16.6. The lowest BCUT2D eigenvalue weighted by Crippen LogP contribution is -2.02. The van der Waals surface area contributed by atoms with Gasteiger partial charge in [0, 0.05) is 0 Å². The Morgan fingerprint density at radius 3 is 2.26 bits per heavy atom. The minimum Gasteiger partial charge on any atom is -0.493 e. The minimum absolute atomic E-state index is 0.245. The van der Waals surface area contributed by atoms with Crippen molar-refractivity contribution in [2.75, 3.05) is 14.2 Å². The van der Waals surface area contributed by atoms with Crippen LogP contribution in [0.15, 0.2) is 36.4 Å². The molecule has 0 radical (unpaired) electrons. The maximum atomic E-state index is 11.7.